The number of aromatic hydroxyl groups is 1. The van der Waals surface area contributed by atoms with Crippen LogP contribution in [0.15, 0.2) is 30.3 Å². The minimum atomic E-state index is -4.84. The molecular formula is C19H17F3O5. The molecule has 0 bridgehead atoms. The highest BCUT2D eigenvalue weighted by Gasteiger charge is 2.39. The van der Waals surface area contributed by atoms with Gasteiger partial charge in [-0.3, -0.25) is 0 Å². The summed E-state index contributed by atoms with van der Waals surface area (Å²) < 4.78 is 50.4. The Morgan fingerprint density at radius 2 is 2.00 bits per heavy atom. The number of alkyl halides is 3. The Kier molecular flexibility index (Phi) is 5.01. The molecule has 0 radical (unpaired) electrons. The molecule has 2 N–H and O–H groups in total. The monoisotopic (exact) mass is 382 g/mol. The number of carbonyl (C=O) groups excluding carboxylic acids is 1. The van der Waals surface area contributed by atoms with Crippen molar-refractivity contribution in [2.75, 3.05) is 13.7 Å². The van der Waals surface area contributed by atoms with Gasteiger partial charge in [0.15, 0.2) is 6.10 Å². The van der Waals surface area contributed by atoms with E-state index in [1.54, 1.807) is 12.1 Å². The number of methoxy groups -OCH3 is 1. The minimum absolute atomic E-state index is 0.237. The van der Waals surface area contributed by atoms with Crippen molar-refractivity contribution in [1.82, 2.24) is 0 Å². The molecule has 2 aromatic carbocycles. The fourth-order valence-electron chi connectivity index (χ4n) is 3.19. The number of aliphatic hydroxyl groups is 1. The van der Waals surface area contributed by atoms with Crippen LogP contribution < -0.4 is 4.74 Å². The lowest BCUT2D eigenvalue weighted by Gasteiger charge is -2.23. The topological polar surface area (TPSA) is 76.0 Å². The van der Waals surface area contributed by atoms with Crippen LogP contribution in [0.25, 0.3) is 11.1 Å². The second-order valence-electron chi connectivity index (χ2n) is 6.12. The molecule has 0 saturated heterocycles. The molecule has 0 aliphatic carbocycles. The number of phenolic OH excluding ortho intramolecular Hbond substituents is 1. The van der Waals surface area contributed by atoms with E-state index >= 15 is 0 Å². The highest BCUT2D eigenvalue weighted by atomic mass is 19.4. The lowest BCUT2D eigenvalue weighted by Crippen LogP contribution is -2.20. The second-order valence-corrected chi connectivity index (χ2v) is 6.12. The van der Waals surface area contributed by atoms with Crippen LogP contribution in [0.5, 0.6) is 11.5 Å². The number of fused-ring (bicyclic) bond motifs is 1. The van der Waals surface area contributed by atoms with Crippen molar-refractivity contribution >= 4 is 5.97 Å². The van der Waals surface area contributed by atoms with E-state index in [0.29, 0.717) is 24.8 Å². The van der Waals surface area contributed by atoms with Crippen molar-refractivity contribution in [2.45, 2.75) is 25.1 Å². The van der Waals surface area contributed by atoms with Crippen molar-refractivity contribution in [3.8, 4) is 22.6 Å². The number of phenols is 1. The zero-order chi connectivity index (χ0) is 19.8. The smallest absolute Gasteiger partial charge is 0.416 e. The number of rotatable bonds is 3. The Morgan fingerprint density at radius 1 is 1.26 bits per heavy atom. The maximum atomic E-state index is 13.5. The first kappa shape index (κ1) is 19.0. The van der Waals surface area contributed by atoms with Gasteiger partial charge >= 0.3 is 12.1 Å². The Labute approximate surface area is 153 Å². The fraction of sp³-hybridized carbons (Fsp3) is 0.316. The summed E-state index contributed by atoms with van der Waals surface area (Å²) in [6.07, 6.45) is -5.63. The van der Waals surface area contributed by atoms with Gasteiger partial charge in [-0.2, -0.15) is 13.2 Å². The molecule has 0 aromatic heterocycles. The first-order valence-corrected chi connectivity index (χ1v) is 8.19. The van der Waals surface area contributed by atoms with E-state index in [1.165, 1.54) is 6.07 Å². The van der Waals surface area contributed by atoms with Gasteiger partial charge in [0.1, 0.15) is 11.5 Å². The molecule has 0 saturated carbocycles. The number of carbonyl (C=O) groups is 1. The molecular weight excluding hydrogens is 365 g/mol. The molecule has 144 valence electrons. The van der Waals surface area contributed by atoms with Crippen LogP contribution in [0, 0.1) is 0 Å². The van der Waals surface area contributed by atoms with E-state index in [-0.39, 0.29) is 11.1 Å². The maximum absolute atomic E-state index is 13.5. The van der Waals surface area contributed by atoms with Crippen molar-refractivity contribution in [1.29, 1.82) is 0 Å². The van der Waals surface area contributed by atoms with Crippen LogP contribution in [0.4, 0.5) is 13.2 Å². The SMILES string of the molecule is COC(=O)C(O)c1c(C(F)(F)F)ccc(O)c1-c1ccc2c(c1)CCCO2. The molecule has 8 heteroatoms. The first-order valence-electron chi connectivity index (χ1n) is 8.19. The third-order valence-electron chi connectivity index (χ3n) is 4.42. The zero-order valence-corrected chi connectivity index (χ0v) is 14.3. The van der Waals surface area contributed by atoms with Crippen molar-refractivity contribution < 1.29 is 37.7 Å². The quantitative estimate of drug-likeness (QED) is 0.794. The predicted molar refractivity (Wildman–Crippen MR) is 89.3 cm³/mol. The van der Waals surface area contributed by atoms with Crippen LogP contribution in [0.2, 0.25) is 0 Å². The van der Waals surface area contributed by atoms with Crippen LogP contribution in [0.3, 0.4) is 0 Å². The summed E-state index contributed by atoms with van der Waals surface area (Å²) in [6, 6.07) is 6.19. The fourth-order valence-corrected chi connectivity index (χ4v) is 3.19. The van der Waals surface area contributed by atoms with E-state index in [2.05, 4.69) is 4.74 Å². The third-order valence-corrected chi connectivity index (χ3v) is 4.42. The number of aryl methyl sites for hydroxylation is 1. The molecule has 5 nitrogen and oxygen atoms in total. The van der Waals surface area contributed by atoms with Crippen molar-refractivity contribution in [3.63, 3.8) is 0 Å². The Bertz CT molecular complexity index is 876. The van der Waals surface area contributed by atoms with Crippen LogP contribution in [0.1, 0.15) is 29.2 Å². The van der Waals surface area contributed by atoms with E-state index in [9.17, 15) is 28.2 Å². The van der Waals surface area contributed by atoms with Crippen LogP contribution >= 0.6 is 0 Å². The van der Waals surface area contributed by atoms with Gasteiger partial charge in [-0.05, 0) is 48.2 Å². The molecule has 1 atom stereocenters. The molecule has 27 heavy (non-hydrogen) atoms. The molecule has 3 rings (SSSR count). The van der Waals surface area contributed by atoms with Gasteiger partial charge in [0.25, 0.3) is 0 Å². The van der Waals surface area contributed by atoms with Gasteiger partial charge < -0.3 is 19.7 Å². The molecule has 1 heterocycles. The maximum Gasteiger partial charge on any atom is 0.416 e. The summed E-state index contributed by atoms with van der Waals surface area (Å²) >= 11 is 0. The molecule has 0 amide bonds. The highest BCUT2D eigenvalue weighted by molar-refractivity contribution is 5.85. The molecule has 0 spiro atoms. The zero-order valence-electron chi connectivity index (χ0n) is 14.3. The summed E-state index contributed by atoms with van der Waals surface area (Å²) in [4.78, 5) is 11.8. The van der Waals surface area contributed by atoms with E-state index in [4.69, 9.17) is 4.74 Å². The van der Waals surface area contributed by atoms with E-state index in [1.807, 2.05) is 0 Å². The lowest BCUT2D eigenvalue weighted by atomic mass is 9.89. The van der Waals surface area contributed by atoms with Crippen molar-refractivity contribution in [3.05, 3.63) is 47.0 Å². The first-order chi connectivity index (χ1) is 12.7. The predicted octanol–water partition coefficient (Wildman–Crippen LogP) is 3.61. The molecule has 1 unspecified atom stereocenters. The highest BCUT2D eigenvalue weighted by Crippen LogP contribution is 2.45. The number of hydrogen-bond donors (Lipinski definition) is 2. The molecule has 2 aromatic rings. The second kappa shape index (κ2) is 7.11. The van der Waals surface area contributed by atoms with Crippen molar-refractivity contribution in [2.24, 2.45) is 0 Å². The molecule has 0 fully saturated rings. The van der Waals surface area contributed by atoms with Gasteiger partial charge in [-0.15, -0.1) is 0 Å². The van der Waals surface area contributed by atoms with Crippen LogP contribution in [-0.2, 0) is 22.1 Å². The number of ether oxygens (including phenoxy) is 2. The normalized spacial score (nSPS) is 14.9. The number of esters is 1. The van der Waals surface area contributed by atoms with Gasteiger partial charge in [-0.25, -0.2) is 4.79 Å². The van der Waals surface area contributed by atoms with Gasteiger partial charge in [0.2, 0.25) is 0 Å². The average Bonchev–Trinajstić information content (AvgIpc) is 2.65. The largest absolute Gasteiger partial charge is 0.507 e. The minimum Gasteiger partial charge on any atom is -0.507 e. The number of aliphatic hydroxyl groups excluding tert-OH is 1. The summed E-state index contributed by atoms with van der Waals surface area (Å²) in [5.74, 6) is -1.13. The number of halogens is 3. The van der Waals surface area contributed by atoms with Gasteiger partial charge in [0, 0.05) is 11.1 Å². The number of benzene rings is 2. The summed E-state index contributed by atoms with van der Waals surface area (Å²) in [5.41, 5.74) is -1.22. The summed E-state index contributed by atoms with van der Waals surface area (Å²) in [7, 11) is 0.956. The Balaban J connectivity index is 2.27. The standard InChI is InChI=1S/C19H17F3O5/c1-26-18(25)17(24)16-12(19(20,21)22)5-6-13(23)15(16)11-4-7-14-10(9-11)3-2-8-27-14/h4-7,9,17,23-24H,2-3,8H2,1H3. The lowest BCUT2D eigenvalue weighted by molar-refractivity contribution is -0.152. The molecule has 1 aliphatic rings. The van der Waals surface area contributed by atoms with Gasteiger partial charge in [-0.1, -0.05) is 6.07 Å². The van der Waals surface area contributed by atoms with E-state index in [0.717, 1.165) is 25.2 Å². The summed E-state index contributed by atoms with van der Waals surface area (Å²) in [5, 5.41) is 20.5. The average molecular weight is 382 g/mol. The third kappa shape index (κ3) is 3.57. The summed E-state index contributed by atoms with van der Waals surface area (Å²) in [6.45, 7) is 0.549. The Morgan fingerprint density at radius 3 is 2.67 bits per heavy atom. The number of hydrogen-bond acceptors (Lipinski definition) is 5. The molecule has 1 aliphatic heterocycles. The van der Waals surface area contributed by atoms with Gasteiger partial charge in [0.05, 0.1) is 19.3 Å². The Hall–Kier alpha value is -2.74. The van der Waals surface area contributed by atoms with E-state index < -0.39 is 35.1 Å². The van der Waals surface area contributed by atoms with Crippen LogP contribution in [-0.4, -0.2) is 29.9 Å².